The van der Waals surface area contributed by atoms with Crippen LogP contribution in [0.5, 0.6) is 0 Å². The first-order chi connectivity index (χ1) is 10.2. The fraction of sp³-hybridized carbons (Fsp3) is 0.615. The lowest BCUT2D eigenvalue weighted by Gasteiger charge is -2.23. The molecule has 0 aromatic rings. The zero-order chi connectivity index (χ0) is 16.8. The van der Waals surface area contributed by atoms with Crippen LogP contribution in [0.1, 0.15) is 20.3 Å². The van der Waals surface area contributed by atoms with Crippen LogP contribution in [-0.2, 0) is 33.7 Å². The minimum atomic E-state index is -3.14. The average molecular weight is 333 g/mol. The van der Waals surface area contributed by atoms with Gasteiger partial charge < -0.3 is 14.8 Å². The van der Waals surface area contributed by atoms with Crippen molar-refractivity contribution in [1.29, 1.82) is 0 Å². The van der Waals surface area contributed by atoms with E-state index in [0.29, 0.717) is 6.42 Å². The third-order valence-corrected chi connectivity index (χ3v) is 4.84. The summed E-state index contributed by atoms with van der Waals surface area (Å²) in [5, 5.41) is 2.54. The van der Waals surface area contributed by atoms with Crippen molar-refractivity contribution in [3.63, 3.8) is 0 Å². The standard InChI is InChI=1S/C13H19NO7S/c1-3-20-11(16)4-5-12(17)21-8-10(15)14-13(2)6-7-22(18,19)9-13/h4-5H,3,6-9H2,1-2H3,(H,14,15)/b5-4+/t13-/m0/s1. The average Bonchev–Trinajstić information content (AvgIpc) is 2.68. The van der Waals surface area contributed by atoms with Crippen LogP contribution >= 0.6 is 0 Å². The molecular formula is C13H19NO7S. The van der Waals surface area contributed by atoms with E-state index in [-0.39, 0.29) is 18.1 Å². The number of rotatable bonds is 6. The smallest absolute Gasteiger partial charge is 0.331 e. The fourth-order valence-corrected chi connectivity index (χ4v) is 4.09. The van der Waals surface area contributed by atoms with E-state index in [1.165, 1.54) is 0 Å². The zero-order valence-electron chi connectivity index (χ0n) is 12.5. The Kier molecular flexibility index (Phi) is 6.10. The summed E-state index contributed by atoms with van der Waals surface area (Å²) in [4.78, 5) is 33.9. The number of sulfone groups is 1. The first kappa shape index (κ1) is 18.1. The predicted molar refractivity (Wildman–Crippen MR) is 76.6 cm³/mol. The van der Waals surface area contributed by atoms with Crippen LogP contribution in [-0.4, -0.2) is 56.5 Å². The van der Waals surface area contributed by atoms with Crippen LogP contribution in [0.4, 0.5) is 0 Å². The molecule has 0 saturated carbocycles. The van der Waals surface area contributed by atoms with Gasteiger partial charge in [-0.2, -0.15) is 0 Å². The second-order valence-corrected chi connectivity index (χ2v) is 7.33. The Morgan fingerprint density at radius 2 is 1.77 bits per heavy atom. The third kappa shape index (κ3) is 6.25. The van der Waals surface area contributed by atoms with Crippen molar-refractivity contribution < 1.29 is 32.3 Å². The molecule has 0 unspecified atom stereocenters. The SMILES string of the molecule is CCOC(=O)/C=C/C(=O)OCC(=O)N[C@@]1(C)CCS(=O)(=O)C1. The fourth-order valence-electron chi connectivity index (χ4n) is 1.99. The highest BCUT2D eigenvalue weighted by atomic mass is 32.2. The molecule has 1 N–H and O–H groups in total. The summed E-state index contributed by atoms with van der Waals surface area (Å²) >= 11 is 0. The molecular weight excluding hydrogens is 314 g/mol. The van der Waals surface area contributed by atoms with Gasteiger partial charge in [0.15, 0.2) is 16.4 Å². The molecule has 22 heavy (non-hydrogen) atoms. The number of hydrogen-bond acceptors (Lipinski definition) is 7. The van der Waals surface area contributed by atoms with Gasteiger partial charge in [-0.25, -0.2) is 18.0 Å². The second-order valence-electron chi connectivity index (χ2n) is 5.14. The molecule has 1 atom stereocenters. The number of ether oxygens (including phenoxy) is 2. The van der Waals surface area contributed by atoms with E-state index in [9.17, 15) is 22.8 Å². The number of nitrogens with one attached hydrogen (secondary N) is 1. The van der Waals surface area contributed by atoms with Crippen LogP contribution in [0, 0.1) is 0 Å². The summed E-state index contributed by atoms with van der Waals surface area (Å²) in [7, 11) is -3.14. The van der Waals surface area contributed by atoms with Crippen molar-refractivity contribution in [3.8, 4) is 0 Å². The molecule has 1 aliphatic heterocycles. The summed E-state index contributed by atoms with van der Waals surface area (Å²) in [5.41, 5.74) is -0.844. The number of amides is 1. The van der Waals surface area contributed by atoms with Gasteiger partial charge in [0, 0.05) is 12.2 Å². The van der Waals surface area contributed by atoms with E-state index < -0.39 is 39.8 Å². The molecule has 0 radical (unpaired) electrons. The lowest BCUT2D eigenvalue weighted by atomic mass is 10.0. The van der Waals surface area contributed by atoms with Gasteiger partial charge in [-0.15, -0.1) is 0 Å². The highest BCUT2D eigenvalue weighted by molar-refractivity contribution is 7.91. The summed E-state index contributed by atoms with van der Waals surface area (Å²) in [6.45, 7) is 2.87. The Labute approximate surface area is 128 Å². The monoisotopic (exact) mass is 333 g/mol. The molecule has 1 heterocycles. The molecule has 0 aliphatic carbocycles. The molecule has 0 aromatic heterocycles. The van der Waals surface area contributed by atoms with Gasteiger partial charge in [-0.3, -0.25) is 4.79 Å². The quantitative estimate of drug-likeness (QED) is 0.507. The Morgan fingerprint density at radius 3 is 2.27 bits per heavy atom. The lowest BCUT2D eigenvalue weighted by Crippen LogP contribution is -2.48. The summed E-state index contributed by atoms with van der Waals surface area (Å²) in [6, 6.07) is 0. The Bertz CT molecular complexity index is 581. The highest BCUT2D eigenvalue weighted by Crippen LogP contribution is 2.22. The molecule has 9 heteroatoms. The number of esters is 2. The van der Waals surface area contributed by atoms with Crippen LogP contribution in [0.2, 0.25) is 0 Å². The first-order valence-corrected chi connectivity index (χ1v) is 8.51. The Morgan fingerprint density at radius 1 is 1.18 bits per heavy atom. The van der Waals surface area contributed by atoms with Crippen molar-refractivity contribution in [2.24, 2.45) is 0 Å². The summed E-state index contributed by atoms with van der Waals surface area (Å²) in [6.07, 6.45) is 2.07. The van der Waals surface area contributed by atoms with Gasteiger partial charge in [0.1, 0.15) is 0 Å². The maximum absolute atomic E-state index is 11.7. The minimum Gasteiger partial charge on any atom is -0.463 e. The van der Waals surface area contributed by atoms with E-state index in [4.69, 9.17) is 0 Å². The normalized spacial score (nSPS) is 23.2. The van der Waals surface area contributed by atoms with Crippen molar-refractivity contribution in [3.05, 3.63) is 12.2 Å². The maximum Gasteiger partial charge on any atom is 0.331 e. The van der Waals surface area contributed by atoms with Gasteiger partial charge in [-0.05, 0) is 20.3 Å². The van der Waals surface area contributed by atoms with Gasteiger partial charge in [0.25, 0.3) is 5.91 Å². The van der Waals surface area contributed by atoms with E-state index in [0.717, 1.165) is 12.2 Å². The topological polar surface area (TPSA) is 116 Å². The first-order valence-electron chi connectivity index (χ1n) is 6.69. The molecule has 124 valence electrons. The molecule has 0 spiro atoms. The Hall–Kier alpha value is -1.90. The van der Waals surface area contributed by atoms with Crippen molar-refractivity contribution in [1.82, 2.24) is 5.32 Å². The summed E-state index contributed by atoms with van der Waals surface area (Å²) in [5.74, 6) is -2.27. The highest BCUT2D eigenvalue weighted by Gasteiger charge is 2.39. The lowest BCUT2D eigenvalue weighted by molar-refractivity contribution is -0.144. The van der Waals surface area contributed by atoms with Gasteiger partial charge in [-0.1, -0.05) is 0 Å². The van der Waals surface area contributed by atoms with Gasteiger partial charge in [0.05, 0.1) is 23.7 Å². The van der Waals surface area contributed by atoms with Crippen LogP contribution < -0.4 is 5.32 Å². The van der Waals surface area contributed by atoms with E-state index in [1.54, 1.807) is 13.8 Å². The van der Waals surface area contributed by atoms with Crippen LogP contribution in [0.15, 0.2) is 12.2 Å². The predicted octanol–water partition coefficient (Wildman–Crippen LogP) is -0.658. The molecule has 1 aliphatic rings. The van der Waals surface area contributed by atoms with Crippen LogP contribution in [0.3, 0.4) is 0 Å². The van der Waals surface area contributed by atoms with Crippen molar-refractivity contribution >= 4 is 27.7 Å². The van der Waals surface area contributed by atoms with E-state index in [1.807, 2.05) is 0 Å². The van der Waals surface area contributed by atoms with E-state index >= 15 is 0 Å². The number of carbonyl (C=O) groups excluding carboxylic acids is 3. The molecule has 1 amide bonds. The number of hydrogen-bond donors (Lipinski definition) is 1. The molecule has 0 bridgehead atoms. The molecule has 1 rings (SSSR count). The molecule has 1 saturated heterocycles. The maximum atomic E-state index is 11.7. The van der Waals surface area contributed by atoms with E-state index in [2.05, 4.69) is 14.8 Å². The van der Waals surface area contributed by atoms with Crippen molar-refractivity contribution in [2.75, 3.05) is 24.7 Å². The van der Waals surface area contributed by atoms with Gasteiger partial charge in [0.2, 0.25) is 0 Å². The second kappa shape index (κ2) is 7.39. The van der Waals surface area contributed by atoms with Crippen molar-refractivity contribution in [2.45, 2.75) is 25.8 Å². The largest absolute Gasteiger partial charge is 0.463 e. The Balaban J connectivity index is 2.37. The molecule has 1 fully saturated rings. The van der Waals surface area contributed by atoms with Gasteiger partial charge >= 0.3 is 11.9 Å². The summed E-state index contributed by atoms with van der Waals surface area (Å²) < 4.78 is 32.0. The zero-order valence-corrected chi connectivity index (χ0v) is 13.3. The third-order valence-electron chi connectivity index (χ3n) is 2.93. The van der Waals surface area contributed by atoms with Crippen LogP contribution in [0.25, 0.3) is 0 Å². The molecule has 8 nitrogen and oxygen atoms in total. The molecule has 0 aromatic carbocycles. The number of carbonyl (C=O) groups is 3. The minimum absolute atomic E-state index is 0.0197.